The number of nitrogens with one attached hydrogen (secondary N) is 1. The summed E-state index contributed by atoms with van der Waals surface area (Å²) in [6.07, 6.45) is -2.28. The first-order valence-corrected chi connectivity index (χ1v) is 4.75. The van der Waals surface area contributed by atoms with Gasteiger partial charge in [-0.2, -0.15) is 13.2 Å². The van der Waals surface area contributed by atoms with Crippen LogP contribution >= 0.6 is 0 Å². The molecule has 0 amide bonds. The van der Waals surface area contributed by atoms with Crippen molar-refractivity contribution in [1.29, 1.82) is 0 Å². The minimum atomic E-state index is -4.40. The summed E-state index contributed by atoms with van der Waals surface area (Å²) >= 11 is 0. The van der Waals surface area contributed by atoms with Crippen molar-refractivity contribution in [3.63, 3.8) is 0 Å². The fourth-order valence-corrected chi connectivity index (χ4v) is 1.50. The van der Waals surface area contributed by atoms with Crippen LogP contribution in [0.4, 0.5) is 13.2 Å². The van der Waals surface area contributed by atoms with Crippen LogP contribution in [-0.4, -0.2) is 24.1 Å². The van der Waals surface area contributed by atoms with Crippen molar-refractivity contribution in [3.05, 3.63) is 30.0 Å². The van der Waals surface area contributed by atoms with Crippen LogP contribution in [0.15, 0.2) is 24.4 Å². The largest absolute Gasteiger partial charge is 0.483 e. The summed E-state index contributed by atoms with van der Waals surface area (Å²) < 4.78 is 40.8. The van der Waals surface area contributed by atoms with Crippen LogP contribution in [0.25, 0.3) is 10.9 Å². The van der Waals surface area contributed by atoms with Crippen LogP contribution in [0, 0.1) is 0 Å². The highest BCUT2D eigenvalue weighted by molar-refractivity contribution is 5.91. The van der Waals surface area contributed by atoms with Crippen molar-refractivity contribution in [1.82, 2.24) is 4.98 Å². The van der Waals surface area contributed by atoms with Gasteiger partial charge >= 0.3 is 6.18 Å². The number of aromatic amines is 1. The number of hydrogen-bond donors (Lipinski definition) is 1. The molecule has 0 radical (unpaired) electrons. The first kappa shape index (κ1) is 11.5. The lowest BCUT2D eigenvalue weighted by molar-refractivity contribution is -0.153. The van der Waals surface area contributed by atoms with E-state index in [1.54, 1.807) is 18.3 Å². The van der Waals surface area contributed by atoms with Crippen LogP contribution in [0.2, 0.25) is 0 Å². The number of alkyl halides is 3. The molecule has 90 valence electrons. The molecule has 0 saturated carbocycles. The van der Waals surface area contributed by atoms with Crippen molar-refractivity contribution < 1.29 is 22.7 Å². The highest BCUT2D eigenvalue weighted by Crippen LogP contribution is 2.28. The van der Waals surface area contributed by atoms with Crippen LogP contribution in [0.5, 0.6) is 5.75 Å². The van der Waals surface area contributed by atoms with E-state index in [1.165, 1.54) is 6.07 Å². The summed E-state index contributed by atoms with van der Waals surface area (Å²) in [5, 5.41) is 0.514. The van der Waals surface area contributed by atoms with Crippen LogP contribution in [-0.2, 0) is 0 Å². The van der Waals surface area contributed by atoms with E-state index in [0.29, 0.717) is 17.2 Å². The molecule has 0 saturated heterocycles. The van der Waals surface area contributed by atoms with E-state index in [0.717, 1.165) is 0 Å². The summed E-state index contributed by atoms with van der Waals surface area (Å²) in [6.45, 7) is -1.38. The summed E-state index contributed by atoms with van der Waals surface area (Å²) in [5.74, 6) is 0.0446. The first-order valence-electron chi connectivity index (χ1n) is 4.75. The third kappa shape index (κ3) is 2.58. The number of carbonyl (C=O) groups is 1. The number of rotatable bonds is 3. The lowest BCUT2D eigenvalue weighted by atomic mass is 10.1. The van der Waals surface area contributed by atoms with Crippen molar-refractivity contribution in [3.8, 4) is 5.75 Å². The molecule has 0 aliphatic carbocycles. The molecule has 0 spiro atoms. The van der Waals surface area contributed by atoms with E-state index in [2.05, 4.69) is 9.72 Å². The number of aromatic nitrogens is 1. The predicted octanol–water partition coefficient (Wildman–Crippen LogP) is 2.92. The number of H-pyrrole nitrogens is 1. The quantitative estimate of drug-likeness (QED) is 0.842. The fraction of sp³-hybridized carbons (Fsp3) is 0.182. The smallest absolute Gasteiger partial charge is 0.422 e. The molecular formula is C11H8F3NO2. The van der Waals surface area contributed by atoms with Gasteiger partial charge in [0.15, 0.2) is 6.61 Å². The second-order valence-electron chi connectivity index (χ2n) is 3.48. The lowest BCUT2D eigenvalue weighted by Crippen LogP contribution is -2.19. The molecule has 1 heterocycles. The Labute approximate surface area is 94.2 Å². The molecule has 2 aromatic rings. The molecule has 0 aliphatic heterocycles. The Morgan fingerprint density at radius 2 is 2.12 bits per heavy atom. The van der Waals surface area contributed by atoms with Gasteiger partial charge in [-0.1, -0.05) is 0 Å². The summed E-state index contributed by atoms with van der Waals surface area (Å²) in [4.78, 5) is 13.4. The van der Waals surface area contributed by atoms with E-state index >= 15 is 0 Å². The van der Waals surface area contributed by atoms with E-state index in [-0.39, 0.29) is 11.3 Å². The molecule has 6 heteroatoms. The zero-order chi connectivity index (χ0) is 12.5. The predicted molar refractivity (Wildman–Crippen MR) is 55.2 cm³/mol. The molecule has 0 atom stereocenters. The topological polar surface area (TPSA) is 42.1 Å². The van der Waals surface area contributed by atoms with Gasteiger partial charge in [-0.3, -0.25) is 4.79 Å². The molecule has 1 aromatic carbocycles. The third-order valence-corrected chi connectivity index (χ3v) is 2.18. The van der Waals surface area contributed by atoms with Gasteiger partial charge in [-0.25, -0.2) is 0 Å². The van der Waals surface area contributed by atoms with E-state index in [4.69, 9.17) is 0 Å². The van der Waals surface area contributed by atoms with Gasteiger partial charge in [-0.05, 0) is 18.2 Å². The zero-order valence-electron chi connectivity index (χ0n) is 8.54. The van der Waals surface area contributed by atoms with E-state index < -0.39 is 12.8 Å². The van der Waals surface area contributed by atoms with Gasteiger partial charge in [0.25, 0.3) is 0 Å². The standard InChI is InChI=1S/C11H8F3NO2/c12-11(13,14)6-17-10-4-7(5-16)3-9-8(10)1-2-15-9/h1-5,15H,6H2. The second kappa shape index (κ2) is 4.12. The average Bonchev–Trinajstić information content (AvgIpc) is 2.72. The van der Waals surface area contributed by atoms with Gasteiger partial charge in [-0.15, -0.1) is 0 Å². The van der Waals surface area contributed by atoms with Gasteiger partial charge < -0.3 is 9.72 Å². The van der Waals surface area contributed by atoms with Crippen LogP contribution < -0.4 is 4.74 Å². The number of aldehydes is 1. The third-order valence-electron chi connectivity index (χ3n) is 2.18. The number of carbonyl (C=O) groups excluding carboxylic acids is 1. The molecule has 0 fully saturated rings. The molecule has 2 rings (SSSR count). The Morgan fingerprint density at radius 1 is 1.35 bits per heavy atom. The highest BCUT2D eigenvalue weighted by Gasteiger charge is 2.28. The summed E-state index contributed by atoms with van der Waals surface area (Å²) in [6, 6.07) is 4.42. The highest BCUT2D eigenvalue weighted by atomic mass is 19.4. The number of ether oxygens (including phenoxy) is 1. The number of halogens is 3. The Kier molecular flexibility index (Phi) is 2.79. The molecule has 1 N–H and O–H groups in total. The van der Waals surface area contributed by atoms with Crippen LogP contribution in [0.3, 0.4) is 0 Å². The molecule has 3 nitrogen and oxygen atoms in total. The van der Waals surface area contributed by atoms with Crippen molar-refractivity contribution >= 4 is 17.2 Å². The van der Waals surface area contributed by atoms with Crippen LogP contribution in [0.1, 0.15) is 10.4 Å². The number of benzene rings is 1. The molecule has 0 unspecified atom stereocenters. The minimum absolute atomic E-state index is 0.0446. The Hall–Kier alpha value is -1.98. The molecular weight excluding hydrogens is 235 g/mol. The van der Waals surface area contributed by atoms with Gasteiger partial charge in [0.2, 0.25) is 0 Å². The molecule has 0 aliphatic rings. The number of fused-ring (bicyclic) bond motifs is 1. The second-order valence-corrected chi connectivity index (χ2v) is 3.48. The minimum Gasteiger partial charge on any atom is -0.483 e. The Morgan fingerprint density at radius 3 is 2.76 bits per heavy atom. The van der Waals surface area contributed by atoms with Crippen molar-refractivity contribution in [2.24, 2.45) is 0 Å². The molecule has 1 aromatic heterocycles. The first-order chi connectivity index (χ1) is 7.99. The average molecular weight is 243 g/mol. The summed E-state index contributed by atoms with van der Waals surface area (Å²) in [5.41, 5.74) is 0.823. The Balaban J connectivity index is 2.37. The van der Waals surface area contributed by atoms with Gasteiger partial charge in [0, 0.05) is 22.7 Å². The number of hydrogen-bond acceptors (Lipinski definition) is 2. The maximum atomic E-state index is 12.0. The fourth-order valence-electron chi connectivity index (χ4n) is 1.50. The van der Waals surface area contributed by atoms with E-state index in [1.807, 2.05) is 0 Å². The van der Waals surface area contributed by atoms with Gasteiger partial charge in [0.1, 0.15) is 12.0 Å². The van der Waals surface area contributed by atoms with Crippen molar-refractivity contribution in [2.75, 3.05) is 6.61 Å². The van der Waals surface area contributed by atoms with Crippen molar-refractivity contribution in [2.45, 2.75) is 6.18 Å². The molecule has 0 bridgehead atoms. The normalized spacial score (nSPS) is 11.7. The maximum Gasteiger partial charge on any atom is 0.422 e. The summed E-state index contributed by atoms with van der Waals surface area (Å²) in [7, 11) is 0. The van der Waals surface area contributed by atoms with E-state index in [9.17, 15) is 18.0 Å². The SMILES string of the molecule is O=Cc1cc(OCC(F)(F)F)c2cc[nH]c2c1. The zero-order valence-corrected chi connectivity index (χ0v) is 8.54. The maximum absolute atomic E-state index is 12.0. The Bertz CT molecular complexity index is 545. The monoisotopic (exact) mass is 243 g/mol. The molecule has 17 heavy (non-hydrogen) atoms. The lowest BCUT2D eigenvalue weighted by Gasteiger charge is -2.10. The van der Waals surface area contributed by atoms with Gasteiger partial charge in [0.05, 0.1) is 0 Å².